The molecule has 1 aliphatic rings. The Morgan fingerprint density at radius 2 is 1.32 bits per heavy atom. The largest absolute Gasteiger partial charge is 0.463 e. The Labute approximate surface area is 187 Å². The van der Waals surface area contributed by atoms with Crippen LogP contribution in [-0.2, 0) is 14.3 Å². The lowest BCUT2D eigenvalue weighted by atomic mass is 9.99. The number of rotatable bonds is 17. The third-order valence-corrected chi connectivity index (χ3v) is 5.74. The van der Waals surface area contributed by atoms with Gasteiger partial charge in [-0.3, -0.25) is 4.79 Å². The molecule has 0 aromatic rings. The molecule has 182 valence electrons. The van der Waals surface area contributed by atoms with Crippen LogP contribution in [0.5, 0.6) is 0 Å². The summed E-state index contributed by atoms with van der Waals surface area (Å²) >= 11 is 0. The molecule has 31 heavy (non-hydrogen) atoms. The van der Waals surface area contributed by atoms with Crippen LogP contribution < -0.4 is 0 Å². The zero-order chi connectivity index (χ0) is 22.9. The predicted molar refractivity (Wildman–Crippen MR) is 119 cm³/mol. The van der Waals surface area contributed by atoms with Gasteiger partial charge in [0.2, 0.25) is 0 Å². The van der Waals surface area contributed by atoms with E-state index in [0.717, 1.165) is 32.1 Å². The molecule has 0 amide bonds. The van der Waals surface area contributed by atoms with Crippen molar-refractivity contribution in [2.75, 3.05) is 6.61 Å². The lowest BCUT2D eigenvalue weighted by molar-refractivity contribution is -0.287. The fourth-order valence-corrected chi connectivity index (χ4v) is 3.66. The second kappa shape index (κ2) is 17.6. The molecule has 0 bridgehead atoms. The van der Waals surface area contributed by atoms with Gasteiger partial charge in [0, 0.05) is 6.42 Å². The van der Waals surface area contributed by atoms with Crippen molar-refractivity contribution in [2.45, 2.75) is 128 Å². The smallest absolute Gasteiger partial charge is 0.305 e. The van der Waals surface area contributed by atoms with Crippen LogP contribution in [0.2, 0.25) is 0 Å². The van der Waals surface area contributed by atoms with Crippen molar-refractivity contribution in [2.24, 2.45) is 0 Å². The van der Waals surface area contributed by atoms with Crippen molar-refractivity contribution in [1.29, 1.82) is 0 Å². The highest BCUT2D eigenvalue weighted by molar-refractivity contribution is 5.69. The minimum Gasteiger partial charge on any atom is -0.463 e. The van der Waals surface area contributed by atoms with Crippen LogP contribution in [0, 0.1) is 0 Å². The first-order valence-corrected chi connectivity index (χ1v) is 12.2. The number of esters is 1. The van der Waals surface area contributed by atoms with Crippen LogP contribution >= 0.6 is 0 Å². The summed E-state index contributed by atoms with van der Waals surface area (Å²) in [5.41, 5.74) is 0. The summed E-state index contributed by atoms with van der Waals surface area (Å²) < 4.78 is 10.0. The predicted octanol–water partition coefficient (Wildman–Crippen LogP) is 3.37. The topological polar surface area (TPSA) is 116 Å². The molecule has 1 aliphatic heterocycles. The first-order chi connectivity index (χ1) is 15.0. The Kier molecular flexibility index (Phi) is 15.9. The molecule has 0 aliphatic carbocycles. The molecule has 0 saturated carbocycles. The van der Waals surface area contributed by atoms with Gasteiger partial charge in [-0.2, -0.15) is 0 Å². The summed E-state index contributed by atoms with van der Waals surface area (Å²) in [5, 5.41) is 38.3. The molecule has 1 fully saturated rings. The standard InChI is InChI=1S/C24H44O7/c1-2-3-4-5-6-7-8-9-10-11-12-13-14-15-16-17-20(25)30-18-19-21(26)22(27)23(28)24(29)31-19/h9-10,19,21-24,26-29H,2-8,11-18H2,1H3/b10-9-. The van der Waals surface area contributed by atoms with Crippen molar-refractivity contribution >= 4 is 5.97 Å². The van der Waals surface area contributed by atoms with E-state index < -0.39 is 36.7 Å². The van der Waals surface area contributed by atoms with E-state index >= 15 is 0 Å². The van der Waals surface area contributed by atoms with Gasteiger partial charge in [-0.1, -0.05) is 70.4 Å². The van der Waals surface area contributed by atoms with E-state index in [2.05, 4.69) is 19.1 Å². The van der Waals surface area contributed by atoms with E-state index in [1.807, 2.05) is 0 Å². The van der Waals surface area contributed by atoms with Crippen molar-refractivity contribution in [3.05, 3.63) is 12.2 Å². The molecule has 4 N–H and O–H groups in total. The van der Waals surface area contributed by atoms with Gasteiger partial charge in [-0.15, -0.1) is 0 Å². The Bertz CT molecular complexity index is 483. The van der Waals surface area contributed by atoms with Gasteiger partial charge in [-0.05, 0) is 32.1 Å². The van der Waals surface area contributed by atoms with Gasteiger partial charge in [0.25, 0.3) is 0 Å². The SMILES string of the molecule is CCCCCCCC/C=C\CCCCCCCC(=O)OCC1OC(O)C(O)C(O)C1O. The molecule has 5 atom stereocenters. The van der Waals surface area contributed by atoms with Gasteiger partial charge in [-0.25, -0.2) is 0 Å². The maximum Gasteiger partial charge on any atom is 0.305 e. The summed E-state index contributed by atoms with van der Waals surface area (Å²) in [7, 11) is 0. The molecular weight excluding hydrogens is 400 g/mol. The van der Waals surface area contributed by atoms with E-state index in [9.17, 15) is 25.2 Å². The highest BCUT2D eigenvalue weighted by atomic mass is 16.6. The number of unbranched alkanes of at least 4 members (excludes halogenated alkanes) is 11. The quantitative estimate of drug-likeness (QED) is 0.154. The minimum absolute atomic E-state index is 0.272. The molecule has 7 nitrogen and oxygen atoms in total. The average Bonchev–Trinajstić information content (AvgIpc) is 2.76. The third-order valence-electron chi connectivity index (χ3n) is 5.74. The van der Waals surface area contributed by atoms with Gasteiger partial charge in [0.15, 0.2) is 6.29 Å². The van der Waals surface area contributed by atoms with Crippen LogP contribution in [-0.4, -0.2) is 63.7 Å². The zero-order valence-electron chi connectivity index (χ0n) is 19.2. The molecule has 0 aromatic carbocycles. The van der Waals surface area contributed by atoms with E-state index in [-0.39, 0.29) is 13.0 Å². The molecule has 1 heterocycles. The summed E-state index contributed by atoms with van der Waals surface area (Å²) in [6.45, 7) is 1.97. The fraction of sp³-hybridized carbons (Fsp3) is 0.875. The summed E-state index contributed by atoms with van der Waals surface area (Å²) in [4.78, 5) is 11.8. The van der Waals surface area contributed by atoms with Crippen LogP contribution in [0.15, 0.2) is 12.2 Å². The van der Waals surface area contributed by atoms with E-state index in [1.165, 1.54) is 51.4 Å². The molecule has 0 spiro atoms. The van der Waals surface area contributed by atoms with Crippen molar-refractivity contribution in [3.63, 3.8) is 0 Å². The Morgan fingerprint density at radius 3 is 1.94 bits per heavy atom. The monoisotopic (exact) mass is 444 g/mol. The fourth-order valence-electron chi connectivity index (χ4n) is 3.66. The van der Waals surface area contributed by atoms with E-state index in [0.29, 0.717) is 0 Å². The molecular formula is C24H44O7. The molecule has 1 rings (SSSR count). The van der Waals surface area contributed by atoms with E-state index in [4.69, 9.17) is 9.47 Å². The van der Waals surface area contributed by atoms with Gasteiger partial charge < -0.3 is 29.9 Å². The maximum atomic E-state index is 11.8. The Balaban J connectivity index is 1.93. The lowest BCUT2D eigenvalue weighted by Gasteiger charge is -2.37. The Morgan fingerprint density at radius 1 is 0.774 bits per heavy atom. The second-order valence-electron chi connectivity index (χ2n) is 8.55. The number of carbonyl (C=O) groups excluding carboxylic acids is 1. The lowest BCUT2D eigenvalue weighted by Crippen LogP contribution is -2.58. The highest BCUT2D eigenvalue weighted by Gasteiger charge is 2.43. The number of hydrogen-bond donors (Lipinski definition) is 4. The summed E-state index contributed by atoms with van der Waals surface area (Å²) in [5.74, 6) is -0.400. The van der Waals surface area contributed by atoms with Crippen molar-refractivity contribution < 1.29 is 34.7 Å². The maximum absolute atomic E-state index is 11.8. The van der Waals surface area contributed by atoms with Crippen molar-refractivity contribution in [3.8, 4) is 0 Å². The number of hydrogen-bond acceptors (Lipinski definition) is 7. The number of ether oxygens (including phenoxy) is 2. The molecule has 0 aromatic heterocycles. The molecule has 1 saturated heterocycles. The van der Waals surface area contributed by atoms with Crippen LogP contribution in [0.1, 0.15) is 96.8 Å². The van der Waals surface area contributed by atoms with Crippen molar-refractivity contribution in [1.82, 2.24) is 0 Å². The first-order valence-electron chi connectivity index (χ1n) is 12.2. The Hall–Kier alpha value is -0.990. The minimum atomic E-state index is -1.62. The zero-order valence-corrected chi connectivity index (χ0v) is 19.2. The average molecular weight is 445 g/mol. The molecule has 5 unspecified atom stereocenters. The normalized spacial score (nSPS) is 26.4. The number of aliphatic hydroxyl groups excluding tert-OH is 4. The highest BCUT2D eigenvalue weighted by Crippen LogP contribution is 2.20. The second-order valence-corrected chi connectivity index (χ2v) is 8.55. The first kappa shape index (κ1) is 28.0. The number of carbonyl (C=O) groups is 1. The van der Waals surface area contributed by atoms with Gasteiger partial charge >= 0.3 is 5.97 Å². The molecule has 0 radical (unpaired) electrons. The van der Waals surface area contributed by atoms with E-state index in [1.54, 1.807) is 0 Å². The summed E-state index contributed by atoms with van der Waals surface area (Å²) in [6, 6.07) is 0. The number of aliphatic hydroxyl groups is 4. The van der Waals surface area contributed by atoms with Crippen LogP contribution in [0.4, 0.5) is 0 Å². The third kappa shape index (κ3) is 12.6. The van der Waals surface area contributed by atoms with Gasteiger partial charge in [0.05, 0.1) is 0 Å². The number of allylic oxidation sites excluding steroid dienone is 2. The van der Waals surface area contributed by atoms with Gasteiger partial charge in [0.1, 0.15) is 31.0 Å². The van der Waals surface area contributed by atoms with Crippen LogP contribution in [0.25, 0.3) is 0 Å². The summed E-state index contributed by atoms with van der Waals surface area (Å²) in [6.07, 6.45) is 13.1. The molecule has 7 heteroatoms. The van der Waals surface area contributed by atoms with Crippen LogP contribution in [0.3, 0.4) is 0 Å².